The van der Waals surface area contributed by atoms with Crippen LogP contribution in [0.2, 0.25) is 0 Å². The zero-order valence-electron chi connectivity index (χ0n) is 11.8. The van der Waals surface area contributed by atoms with Gasteiger partial charge in [-0.3, -0.25) is 9.89 Å². The second-order valence-corrected chi connectivity index (χ2v) is 7.37. The predicted molar refractivity (Wildman–Crippen MR) is 86.4 cm³/mol. The molecule has 3 rings (SSSR count). The minimum Gasteiger partial charge on any atom is -0.323 e. The minimum absolute atomic E-state index is 0.161. The normalized spacial score (nSPS) is 15.6. The summed E-state index contributed by atoms with van der Waals surface area (Å²) in [5.74, 6) is 0.606. The number of hydrogen-bond acceptors (Lipinski definition) is 4. The van der Waals surface area contributed by atoms with Gasteiger partial charge in [-0.2, -0.15) is 0 Å². The van der Waals surface area contributed by atoms with Gasteiger partial charge in [0, 0.05) is 10.4 Å². The van der Waals surface area contributed by atoms with Crippen LogP contribution in [0.1, 0.15) is 31.5 Å². The van der Waals surface area contributed by atoms with Crippen LogP contribution in [0.5, 0.6) is 0 Å². The monoisotopic (exact) mass is 384 g/mol. The van der Waals surface area contributed by atoms with Gasteiger partial charge in [0.15, 0.2) is 0 Å². The lowest BCUT2D eigenvalue weighted by Crippen LogP contribution is -2.23. The summed E-state index contributed by atoms with van der Waals surface area (Å²) in [6.07, 6.45) is 2.27. The lowest BCUT2D eigenvalue weighted by molar-refractivity contribution is -0.115. The third-order valence-corrected chi connectivity index (χ3v) is 4.74. The third-order valence-electron chi connectivity index (χ3n) is 3.29. The van der Waals surface area contributed by atoms with Crippen molar-refractivity contribution in [2.24, 2.45) is 0 Å². The Hall–Kier alpha value is -1.41. The first-order chi connectivity index (χ1) is 10.5. The maximum atomic E-state index is 13.7. The number of amides is 1. The highest BCUT2D eigenvalue weighted by Crippen LogP contribution is 2.38. The van der Waals surface area contributed by atoms with Gasteiger partial charge in [0.1, 0.15) is 11.6 Å². The molecule has 0 spiro atoms. The van der Waals surface area contributed by atoms with E-state index in [1.807, 2.05) is 0 Å². The number of aromatic amines is 1. The van der Waals surface area contributed by atoms with E-state index in [1.165, 1.54) is 23.9 Å². The Morgan fingerprint density at radius 3 is 3.00 bits per heavy atom. The first-order valence-electron chi connectivity index (χ1n) is 6.88. The fourth-order valence-electron chi connectivity index (χ4n) is 1.89. The number of carbonyl (C=O) groups excluding carboxylic acids is 1. The van der Waals surface area contributed by atoms with E-state index in [9.17, 15) is 9.18 Å². The summed E-state index contributed by atoms with van der Waals surface area (Å²) < 4.78 is 14.3. The molecule has 1 saturated carbocycles. The van der Waals surface area contributed by atoms with Crippen molar-refractivity contribution in [1.29, 1.82) is 0 Å². The number of nitrogens with one attached hydrogen (secondary N) is 2. The number of rotatable bonds is 5. The highest BCUT2D eigenvalue weighted by Gasteiger charge is 2.28. The fourth-order valence-corrected chi connectivity index (χ4v) is 2.95. The molecule has 1 aromatic heterocycles. The van der Waals surface area contributed by atoms with Gasteiger partial charge in [0.25, 0.3) is 0 Å². The largest absolute Gasteiger partial charge is 0.323 e. The molecule has 116 valence electrons. The molecule has 0 bridgehead atoms. The van der Waals surface area contributed by atoms with Crippen molar-refractivity contribution in [3.05, 3.63) is 34.3 Å². The maximum Gasteiger partial charge on any atom is 0.237 e. The Morgan fingerprint density at radius 1 is 1.55 bits per heavy atom. The smallest absolute Gasteiger partial charge is 0.237 e. The number of anilines is 1. The quantitative estimate of drug-likeness (QED) is 0.770. The summed E-state index contributed by atoms with van der Waals surface area (Å²) in [5.41, 5.74) is 0.161. The van der Waals surface area contributed by atoms with E-state index >= 15 is 0 Å². The van der Waals surface area contributed by atoms with E-state index in [2.05, 4.69) is 36.4 Å². The molecule has 22 heavy (non-hydrogen) atoms. The Bertz CT molecular complexity index is 704. The van der Waals surface area contributed by atoms with E-state index in [4.69, 9.17) is 0 Å². The average molecular weight is 385 g/mol. The molecule has 1 aliphatic rings. The molecule has 1 fully saturated rings. The van der Waals surface area contributed by atoms with Crippen LogP contribution in [0.4, 0.5) is 10.1 Å². The van der Waals surface area contributed by atoms with Crippen molar-refractivity contribution in [3.63, 3.8) is 0 Å². The first kappa shape index (κ1) is 15.5. The van der Waals surface area contributed by atoms with E-state index in [0.29, 0.717) is 15.5 Å². The second kappa shape index (κ2) is 6.37. The second-order valence-electron chi connectivity index (χ2n) is 5.15. The number of H-pyrrole nitrogens is 1. The first-order valence-corrected chi connectivity index (χ1v) is 8.55. The van der Waals surface area contributed by atoms with Crippen molar-refractivity contribution in [2.45, 2.75) is 36.1 Å². The Morgan fingerprint density at radius 2 is 2.32 bits per heavy atom. The molecule has 1 aliphatic carbocycles. The average Bonchev–Trinajstić information content (AvgIpc) is 3.22. The van der Waals surface area contributed by atoms with Gasteiger partial charge in [0.05, 0.1) is 10.9 Å². The van der Waals surface area contributed by atoms with Crippen molar-refractivity contribution in [2.75, 3.05) is 5.32 Å². The molecule has 2 N–H and O–H groups in total. The molecule has 5 nitrogen and oxygen atoms in total. The molecule has 1 amide bonds. The van der Waals surface area contributed by atoms with Crippen LogP contribution in [0.15, 0.2) is 27.8 Å². The number of thioether (sulfide) groups is 1. The van der Waals surface area contributed by atoms with Crippen LogP contribution < -0.4 is 5.32 Å². The molecule has 2 aromatic rings. The van der Waals surface area contributed by atoms with Gasteiger partial charge in [-0.15, -0.1) is 5.10 Å². The summed E-state index contributed by atoms with van der Waals surface area (Å²) >= 11 is 4.43. The van der Waals surface area contributed by atoms with Crippen molar-refractivity contribution in [3.8, 4) is 0 Å². The van der Waals surface area contributed by atoms with Gasteiger partial charge in [0.2, 0.25) is 11.1 Å². The lowest BCUT2D eigenvalue weighted by atomic mass is 10.3. The number of halogens is 2. The summed E-state index contributed by atoms with van der Waals surface area (Å²) in [7, 11) is 0. The van der Waals surface area contributed by atoms with E-state index in [1.54, 1.807) is 13.0 Å². The van der Waals surface area contributed by atoms with Gasteiger partial charge >= 0.3 is 0 Å². The molecule has 1 aromatic carbocycles. The zero-order chi connectivity index (χ0) is 15.7. The van der Waals surface area contributed by atoms with Gasteiger partial charge in [-0.25, -0.2) is 9.37 Å². The Balaban J connectivity index is 1.60. The summed E-state index contributed by atoms with van der Waals surface area (Å²) in [6.45, 7) is 1.74. The fraction of sp³-hybridized carbons (Fsp3) is 0.357. The van der Waals surface area contributed by atoms with E-state index < -0.39 is 11.1 Å². The molecular formula is C14H14BrFN4OS. The molecule has 1 heterocycles. The van der Waals surface area contributed by atoms with Gasteiger partial charge < -0.3 is 5.32 Å². The number of nitrogens with zero attached hydrogens (tertiary/aromatic N) is 2. The molecule has 0 aliphatic heterocycles. The standard InChI is InChI=1S/C14H14BrFN4OS/c1-7(22-14-18-12(19-20-14)8-2-3-8)13(21)17-11-5-4-9(15)6-10(11)16/h4-8H,2-3H2,1H3,(H,17,21)(H,18,19,20). The van der Waals surface area contributed by atoms with E-state index in [-0.39, 0.29) is 11.6 Å². The summed E-state index contributed by atoms with van der Waals surface area (Å²) in [4.78, 5) is 16.5. The molecule has 1 unspecified atom stereocenters. The SMILES string of the molecule is CC(Sc1n[nH]c(C2CC2)n1)C(=O)Nc1ccc(Br)cc1F. The van der Waals surface area contributed by atoms with Crippen LogP contribution in [-0.4, -0.2) is 26.3 Å². The topological polar surface area (TPSA) is 70.7 Å². The number of benzene rings is 1. The van der Waals surface area contributed by atoms with Crippen molar-refractivity contribution < 1.29 is 9.18 Å². The number of aromatic nitrogens is 3. The predicted octanol–water partition coefficient (Wildman–Crippen LogP) is 3.70. The van der Waals surface area contributed by atoms with Crippen LogP contribution in [-0.2, 0) is 4.79 Å². The third kappa shape index (κ3) is 3.67. The van der Waals surface area contributed by atoms with Crippen LogP contribution in [0.25, 0.3) is 0 Å². The minimum atomic E-state index is -0.478. The van der Waals surface area contributed by atoms with Crippen molar-refractivity contribution >= 4 is 39.3 Å². The molecule has 0 radical (unpaired) electrons. The molecule has 0 saturated heterocycles. The highest BCUT2D eigenvalue weighted by molar-refractivity contribution is 9.10. The molecule has 1 atom stereocenters. The van der Waals surface area contributed by atoms with Crippen LogP contribution in [0.3, 0.4) is 0 Å². The van der Waals surface area contributed by atoms with E-state index in [0.717, 1.165) is 18.7 Å². The summed E-state index contributed by atoms with van der Waals surface area (Å²) in [6, 6.07) is 4.50. The van der Waals surface area contributed by atoms with Crippen molar-refractivity contribution in [1.82, 2.24) is 15.2 Å². The Kier molecular flexibility index (Phi) is 4.49. The highest BCUT2D eigenvalue weighted by atomic mass is 79.9. The van der Waals surface area contributed by atoms with Crippen LogP contribution in [0, 0.1) is 5.82 Å². The number of carbonyl (C=O) groups is 1. The van der Waals surface area contributed by atoms with Gasteiger partial charge in [-0.1, -0.05) is 27.7 Å². The molecular weight excluding hydrogens is 371 g/mol. The maximum absolute atomic E-state index is 13.7. The Labute approximate surface area is 139 Å². The number of hydrogen-bond donors (Lipinski definition) is 2. The van der Waals surface area contributed by atoms with Crippen LogP contribution >= 0.6 is 27.7 Å². The lowest BCUT2D eigenvalue weighted by Gasteiger charge is -2.11. The molecule has 8 heteroatoms. The van der Waals surface area contributed by atoms with Gasteiger partial charge in [-0.05, 0) is 38.0 Å². The summed E-state index contributed by atoms with van der Waals surface area (Å²) in [5, 5.41) is 9.70. The zero-order valence-corrected chi connectivity index (χ0v) is 14.2.